The fraction of sp³-hybridized carbons (Fsp3) is 0.625. The summed E-state index contributed by atoms with van der Waals surface area (Å²) in [6.07, 6.45) is 0.191. The van der Waals surface area contributed by atoms with Gasteiger partial charge in [-0.2, -0.15) is 11.8 Å². The fourth-order valence-corrected chi connectivity index (χ4v) is 3.37. The monoisotopic (exact) mass is 311 g/mol. The van der Waals surface area contributed by atoms with Crippen LogP contribution in [0.2, 0.25) is 0 Å². The molecule has 21 heavy (non-hydrogen) atoms. The van der Waals surface area contributed by atoms with Crippen molar-refractivity contribution in [3.8, 4) is 5.75 Å². The first kappa shape index (κ1) is 16.6. The van der Waals surface area contributed by atoms with Gasteiger partial charge in [0.05, 0.1) is 25.4 Å². The molecule has 0 radical (unpaired) electrons. The third-order valence-electron chi connectivity index (χ3n) is 3.44. The van der Waals surface area contributed by atoms with E-state index in [2.05, 4.69) is 24.4 Å². The summed E-state index contributed by atoms with van der Waals surface area (Å²) in [7, 11) is 1.68. The van der Waals surface area contributed by atoms with Crippen LogP contribution in [0.15, 0.2) is 24.3 Å². The average molecular weight is 311 g/mol. The minimum atomic E-state index is 0.168. The summed E-state index contributed by atoms with van der Waals surface area (Å²) in [5.41, 5.74) is 1.17. The van der Waals surface area contributed by atoms with Gasteiger partial charge in [-0.15, -0.1) is 0 Å². The molecule has 0 spiro atoms. The molecular weight excluding hydrogens is 286 g/mol. The van der Waals surface area contributed by atoms with E-state index < -0.39 is 0 Å². The van der Waals surface area contributed by atoms with E-state index in [9.17, 15) is 0 Å². The Kier molecular flexibility index (Phi) is 7.36. The van der Waals surface area contributed by atoms with Gasteiger partial charge in [-0.05, 0) is 12.6 Å². The molecule has 2 atom stereocenters. The van der Waals surface area contributed by atoms with E-state index in [-0.39, 0.29) is 12.1 Å². The van der Waals surface area contributed by atoms with Gasteiger partial charge in [0.1, 0.15) is 12.4 Å². The molecule has 118 valence electrons. The molecule has 2 unspecified atom stereocenters. The lowest BCUT2D eigenvalue weighted by atomic mass is 10.0. The molecule has 1 aromatic carbocycles. The van der Waals surface area contributed by atoms with Gasteiger partial charge < -0.3 is 19.5 Å². The van der Waals surface area contributed by atoms with Crippen LogP contribution >= 0.6 is 11.8 Å². The first-order valence-electron chi connectivity index (χ1n) is 7.50. The van der Waals surface area contributed by atoms with Crippen LogP contribution in [0.5, 0.6) is 5.75 Å². The highest BCUT2D eigenvalue weighted by Gasteiger charge is 2.27. The number of nitrogens with one attached hydrogen (secondary N) is 1. The molecule has 2 rings (SSSR count). The predicted molar refractivity (Wildman–Crippen MR) is 87.3 cm³/mol. The first-order chi connectivity index (χ1) is 10.4. The molecule has 1 saturated heterocycles. The van der Waals surface area contributed by atoms with Crippen molar-refractivity contribution in [1.82, 2.24) is 5.32 Å². The van der Waals surface area contributed by atoms with E-state index in [1.54, 1.807) is 7.11 Å². The zero-order chi connectivity index (χ0) is 14.9. The molecule has 1 N–H and O–H groups in total. The Bertz CT molecular complexity index is 410. The second-order valence-electron chi connectivity index (χ2n) is 4.90. The van der Waals surface area contributed by atoms with Crippen molar-refractivity contribution in [2.24, 2.45) is 0 Å². The van der Waals surface area contributed by atoms with Gasteiger partial charge in [0.2, 0.25) is 0 Å². The van der Waals surface area contributed by atoms with Crippen molar-refractivity contribution in [2.75, 3.05) is 45.0 Å². The van der Waals surface area contributed by atoms with Crippen LogP contribution in [0.4, 0.5) is 0 Å². The van der Waals surface area contributed by atoms with Crippen molar-refractivity contribution in [2.45, 2.75) is 19.1 Å². The van der Waals surface area contributed by atoms with Gasteiger partial charge >= 0.3 is 0 Å². The second kappa shape index (κ2) is 9.30. The van der Waals surface area contributed by atoms with E-state index in [1.807, 2.05) is 23.9 Å². The fourth-order valence-electron chi connectivity index (χ4n) is 2.46. The highest BCUT2D eigenvalue weighted by atomic mass is 32.2. The maximum atomic E-state index is 5.96. The van der Waals surface area contributed by atoms with Gasteiger partial charge in [-0.3, -0.25) is 0 Å². The Labute approximate surface area is 131 Å². The standard InChI is InChI=1S/C16H25NO3S/c1-3-17-16(15-12-21-11-10-20-15)13-6-4-5-7-14(13)19-9-8-18-2/h4-7,15-17H,3,8-12H2,1-2H3. The number of benzene rings is 1. The smallest absolute Gasteiger partial charge is 0.124 e. The lowest BCUT2D eigenvalue weighted by molar-refractivity contribution is 0.0461. The predicted octanol–water partition coefficient (Wildman–Crippen LogP) is 2.49. The van der Waals surface area contributed by atoms with Crippen LogP contribution in [0.1, 0.15) is 18.5 Å². The quantitative estimate of drug-likeness (QED) is 0.747. The average Bonchev–Trinajstić information content (AvgIpc) is 2.54. The van der Waals surface area contributed by atoms with Crippen LogP contribution in [-0.2, 0) is 9.47 Å². The van der Waals surface area contributed by atoms with E-state index in [0.717, 1.165) is 30.4 Å². The molecule has 1 aliphatic rings. The summed E-state index contributed by atoms with van der Waals surface area (Å²) < 4.78 is 16.9. The summed E-state index contributed by atoms with van der Waals surface area (Å²) in [5.74, 6) is 3.02. The minimum absolute atomic E-state index is 0.168. The number of methoxy groups -OCH3 is 1. The molecule has 4 nitrogen and oxygen atoms in total. The number of hydrogen-bond acceptors (Lipinski definition) is 5. The maximum absolute atomic E-state index is 5.96. The van der Waals surface area contributed by atoms with E-state index >= 15 is 0 Å². The maximum Gasteiger partial charge on any atom is 0.124 e. The second-order valence-corrected chi connectivity index (χ2v) is 6.05. The van der Waals surface area contributed by atoms with Crippen molar-refractivity contribution in [3.63, 3.8) is 0 Å². The number of thioether (sulfide) groups is 1. The molecule has 0 bridgehead atoms. The topological polar surface area (TPSA) is 39.7 Å². The van der Waals surface area contributed by atoms with Crippen molar-refractivity contribution in [1.29, 1.82) is 0 Å². The van der Waals surface area contributed by atoms with Crippen LogP contribution in [0, 0.1) is 0 Å². The van der Waals surface area contributed by atoms with Gasteiger partial charge in [0, 0.05) is 24.2 Å². The van der Waals surface area contributed by atoms with Crippen molar-refractivity contribution in [3.05, 3.63) is 29.8 Å². The summed E-state index contributed by atoms with van der Waals surface area (Å²) in [5, 5.41) is 3.55. The summed E-state index contributed by atoms with van der Waals surface area (Å²) >= 11 is 1.95. The Morgan fingerprint density at radius 2 is 2.24 bits per heavy atom. The third-order valence-corrected chi connectivity index (χ3v) is 4.46. The molecule has 0 aromatic heterocycles. The first-order valence-corrected chi connectivity index (χ1v) is 8.65. The Balaban J connectivity index is 2.14. The third kappa shape index (κ3) is 4.88. The number of hydrogen-bond donors (Lipinski definition) is 1. The lowest BCUT2D eigenvalue weighted by Gasteiger charge is -2.32. The molecular formula is C16H25NO3S. The van der Waals surface area contributed by atoms with Gasteiger partial charge in [-0.25, -0.2) is 0 Å². The largest absolute Gasteiger partial charge is 0.491 e. The summed E-state index contributed by atoms with van der Waals surface area (Å²) in [6.45, 7) is 5.01. The molecule has 0 amide bonds. The molecule has 0 aliphatic carbocycles. The molecule has 1 aromatic rings. The zero-order valence-corrected chi connectivity index (χ0v) is 13.7. The number of rotatable bonds is 8. The molecule has 1 heterocycles. The van der Waals surface area contributed by atoms with E-state index in [0.29, 0.717) is 13.2 Å². The zero-order valence-electron chi connectivity index (χ0n) is 12.8. The van der Waals surface area contributed by atoms with Gasteiger partial charge in [0.25, 0.3) is 0 Å². The van der Waals surface area contributed by atoms with Crippen LogP contribution in [0.3, 0.4) is 0 Å². The Morgan fingerprint density at radius 3 is 2.95 bits per heavy atom. The van der Waals surface area contributed by atoms with Crippen molar-refractivity contribution < 1.29 is 14.2 Å². The number of ether oxygens (including phenoxy) is 3. The van der Waals surface area contributed by atoms with Gasteiger partial charge in [0.15, 0.2) is 0 Å². The lowest BCUT2D eigenvalue weighted by Crippen LogP contribution is -2.38. The number of para-hydroxylation sites is 1. The van der Waals surface area contributed by atoms with Gasteiger partial charge in [-0.1, -0.05) is 25.1 Å². The summed E-state index contributed by atoms with van der Waals surface area (Å²) in [4.78, 5) is 0. The molecule has 1 aliphatic heterocycles. The normalized spacial score (nSPS) is 20.2. The SMILES string of the molecule is CCNC(c1ccccc1OCCOC)C1CSCCO1. The van der Waals surface area contributed by atoms with Crippen molar-refractivity contribution >= 4 is 11.8 Å². The summed E-state index contributed by atoms with van der Waals surface area (Å²) in [6, 6.07) is 8.37. The Hall–Kier alpha value is -0.750. The highest BCUT2D eigenvalue weighted by Crippen LogP contribution is 2.31. The van der Waals surface area contributed by atoms with Crippen LogP contribution in [0.25, 0.3) is 0 Å². The van der Waals surface area contributed by atoms with Crippen LogP contribution < -0.4 is 10.1 Å². The van der Waals surface area contributed by atoms with Crippen LogP contribution in [-0.4, -0.2) is 51.1 Å². The van der Waals surface area contributed by atoms with E-state index in [1.165, 1.54) is 5.56 Å². The number of likely N-dealkylation sites (N-methyl/N-ethyl adjacent to an activating group) is 1. The highest BCUT2D eigenvalue weighted by molar-refractivity contribution is 7.99. The Morgan fingerprint density at radius 1 is 1.38 bits per heavy atom. The van der Waals surface area contributed by atoms with E-state index in [4.69, 9.17) is 14.2 Å². The molecule has 5 heteroatoms. The molecule has 1 fully saturated rings. The minimum Gasteiger partial charge on any atom is -0.491 e. The molecule has 0 saturated carbocycles.